The SMILES string of the molecule is C=CCNC(C#N)c1ccc(O)c(OC)c1. The Morgan fingerprint density at radius 2 is 2.44 bits per heavy atom. The number of nitrogens with zero attached hydrogens (tertiary/aromatic N) is 1. The van der Waals surface area contributed by atoms with Gasteiger partial charge in [0.05, 0.1) is 13.2 Å². The molecule has 0 aromatic heterocycles. The standard InChI is InChI=1S/C12H14N2O2/c1-3-6-14-10(8-13)9-4-5-11(15)12(7-9)16-2/h3-5,7,10,14-15H,1,6H2,2H3. The third-order valence-electron chi connectivity index (χ3n) is 2.13. The molecule has 0 fully saturated rings. The van der Waals surface area contributed by atoms with Crippen molar-refractivity contribution < 1.29 is 9.84 Å². The molecule has 0 radical (unpaired) electrons. The molecule has 0 saturated heterocycles. The van der Waals surface area contributed by atoms with Crippen molar-refractivity contribution in [1.82, 2.24) is 5.32 Å². The van der Waals surface area contributed by atoms with E-state index in [-0.39, 0.29) is 5.75 Å². The highest BCUT2D eigenvalue weighted by atomic mass is 16.5. The lowest BCUT2D eigenvalue weighted by molar-refractivity contribution is 0.372. The van der Waals surface area contributed by atoms with Crippen LogP contribution in [-0.2, 0) is 0 Å². The van der Waals surface area contributed by atoms with Crippen LogP contribution in [0.15, 0.2) is 30.9 Å². The molecule has 0 aliphatic rings. The minimum atomic E-state index is -0.438. The maximum atomic E-state index is 9.42. The van der Waals surface area contributed by atoms with E-state index in [4.69, 9.17) is 10.00 Å². The van der Waals surface area contributed by atoms with Gasteiger partial charge in [0.15, 0.2) is 11.5 Å². The van der Waals surface area contributed by atoms with Gasteiger partial charge in [0.1, 0.15) is 6.04 Å². The van der Waals surface area contributed by atoms with Crippen LogP contribution in [0.25, 0.3) is 0 Å². The summed E-state index contributed by atoms with van der Waals surface area (Å²) in [6.45, 7) is 4.11. The molecule has 4 heteroatoms. The molecule has 0 amide bonds. The summed E-state index contributed by atoms with van der Waals surface area (Å²) in [6.07, 6.45) is 1.68. The predicted octanol–water partition coefficient (Wildman–Crippen LogP) is 1.74. The van der Waals surface area contributed by atoms with E-state index >= 15 is 0 Å². The second-order valence-electron chi connectivity index (χ2n) is 3.19. The smallest absolute Gasteiger partial charge is 0.160 e. The Balaban J connectivity index is 2.93. The number of nitriles is 1. The maximum Gasteiger partial charge on any atom is 0.160 e. The Morgan fingerprint density at radius 3 is 3.00 bits per heavy atom. The third kappa shape index (κ3) is 2.75. The Morgan fingerprint density at radius 1 is 1.69 bits per heavy atom. The fourth-order valence-corrected chi connectivity index (χ4v) is 1.31. The van der Waals surface area contributed by atoms with Gasteiger partial charge in [-0.2, -0.15) is 5.26 Å². The van der Waals surface area contributed by atoms with Crippen molar-refractivity contribution in [2.24, 2.45) is 0 Å². The summed E-state index contributed by atoms with van der Waals surface area (Å²) >= 11 is 0. The largest absolute Gasteiger partial charge is 0.504 e. The quantitative estimate of drug-likeness (QED) is 0.739. The van der Waals surface area contributed by atoms with Crippen LogP contribution in [0.2, 0.25) is 0 Å². The number of phenols is 1. The van der Waals surface area contributed by atoms with Crippen LogP contribution in [-0.4, -0.2) is 18.8 Å². The van der Waals surface area contributed by atoms with Gasteiger partial charge in [-0.15, -0.1) is 6.58 Å². The second-order valence-corrected chi connectivity index (χ2v) is 3.19. The van der Waals surface area contributed by atoms with Crippen LogP contribution >= 0.6 is 0 Å². The van der Waals surface area contributed by atoms with Crippen LogP contribution in [0.1, 0.15) is 11.6 Å². The number of methoxy groups -OCH3 is 1. The first-order valence-corrected chi connectivity index (χ1v) is 4.83. The van der Waals surface area contributed by atoms with E-state index in [1.807, 2.05) is 0 Å². The number of benzene rings is 1. The number of ether oxygens (including phenoxy) is 1. The zero-order valence-electron chi connectivity index (χ0n) is 9.10. The molecule has 0 aliphatic heterocycles. The topological polar surface area (TPSA) is 65.3 Å². The molecule has 1 aromatic carbocycles. The molecule has 0 aliphatic carbocycles. The van der Waals surface area contributed by atoms with Gasteiger partial charge in [-0.1, -0.05) is 12.1 Å². The number of hydrogen-bond acceptors (Lipinski definition) is 4. The van der Waals surface area contributed by atoms with E-state index in [9.17, 15) is 5.11 Å². The Bertz CT molecular complexity index is 410. The van der Waals surface area contributed by atoms with Gasteiger partial charge in [0.2, 0.25) is 0 Å². The molecule has 0 spiro atoms. The van der Waals surface area contributed by atoms with Gasteiger partial charge in [0.25, 0.3) is 0 Å². The van der Waals surface area contributed by atoms with Gasteiger partial charge in [0, 0.05) is 6.54 Å². The summed E-state index contributed by atoms with van der Waals surface area (Å²) in [7, 11) is 1.47. The first-order chi connectivity index (χ1) is 7.72. The zero-order chi connectivity index (χ0) is 12.0. The van der Waals surface area contributed by atoms with Crippen molar-refractivity contribution in [3.8, 4) is 17.6 Å². The first-order valence-electron chi connectivity index (χ1n) is 4.83. The zero-order valence-corrected chi connectivity index (χ0v) is 9.10. The summed E-state index contributed by atoms with van der Waals surface area (Å²) in [5.41, 5.74) is 0.749. The van der Waals surface area contributed by atoms with Gasteiger partial charge < -0.3 is 9.84 Å². The fourth-order valence-electron chi connectivity index (χ4n) is 1.31. The average Bonchev–Trinajstić information content (AvgIpc) is 2.32. The minimum Gasteiger partial charge on any atom is -0.504 e. The number of hydrogen-bond donors (Lipinski definition) is 2. The van der Waals surface area contributed by atoms with Gasteiger partial charge in [-0.3, -0.25) is 5.32 Å². The maximum absolute atomic E-state index is 9.42. The highest BCUT2D eigenvalue weighted by Crippen LogP contribution is 2.28. The van der Waals surface area contributed by atoms with Crippen LogP contribution in [0, 0.1) is 11.3 Å². The lowest BCUT2D eigenvalue weighted by atomic mass is 10.1. The number of aromatic hydroxyl groups is 1. The molecule has 1 atom stereocenters. The molecule has 1 rings (SSSR count). The highest BCUT2D eigenvalue weighted by Gasteiger charge is 2.11. The van der Waals surface area contributed by atoms with Gasteiger partial charge in [-0.25, -0.2) is 0 Å². The molecule has 1 unspecified atom stereocenters. The third-order valence-corrected chi connectivity index (χ3v) is 2.13. The van der Waals surface area contributed by atoms with Crippen LogP contribution in [0.4, 0.5) is 0 Å². The molecular formula is C12H14N2O2. The number of rotatable bonds is 5. The summed E-state index contributed by atoms with van der Waals surface area (Å²) in [4.78, 5) is 0. The Labute approximate surface area is 94.8 Å². The Hall–Kier alpha value is -1.99. The lowest BCUT2D eigenvalue weighted by Gasteiger charge is -2.12. The highest BCUT2D eigenvalue weighted by molar-refractivity contribution is 5.43. The molecule has 4 nitrogen and oxygen atoms in total. The van der Waals surface area contributed by atoms with Crippen LogP contribution < -0.4 is 10.1 Å². The summed E-state index contributed by atoms with van der Waals surface area (Å²) in [6, 6.07) is 6.52. The number of nitrogens with one attached hydrogen (secondary N) is 1. The number of phenolic OH excluding ortho intramolecular Hbond substituents is 1. The van der Waals surface area contributed by atoms with Crippen LogP contribution in [0.5, 0.6) is 11.5 Å². The summed E-state index contributed by atoms with van der Waals surface area (Å²) in [5, 5.41) is 21.4. The fraction of sp³-hybridized carbons (Fsp3) is 0.250. The van der Waals surface area contributed by atoms with E-state index in [2.05, 4.69) is 18.0 Å². The molecule has 1 aromatic rings. The van der Waals surface area contributed by atoms with E-state index in [0.717, 1.165) is 5.56 Å². The monoisotopic (exact) mass is 218 g/mol. The van der Waals surface area contributed by atoms with Crippen LogP contribution in [0.3, 0.4) is 0 Å². The molecule has 0 saturated carbocycles. The summed E-state index contributed by atoms with van der Waals surface area (Å²) < 4.78 is 4.98. The van der Waals surface area contributed by atoms with Gasteiger partial charge >= 0.3 is 0 Å². The molecule has 2 N–H and O–H groups in total. The van der Waals surface area contributed by atoms with Crippen molar-refractivity contribution in [2.45, 2.75) is 6.04 Å². The van der Waals surface area contributed by atoms with E-state index in [1.54, 1.807) is 18.2 Å². The molecule has 0 bridgehead atoms. The first kappa shape index (κ1) is 12.1. The van der Waals surface area contributed by atoms with Crippen molar-refractivity contribution in [3.05, 3.63) is 36.4 Å². The van der Waals surface area contributed by atoms with E-state index in [0.29, 0.717) is 12.3 Å². The van der Waals surface area contributed by atoms with Crippen molar-refractivity contribution in [2.75, 3.05) is 13.7 Å². The molecule has 16 heavy (non-hydrogen) atoms. The normalized spacial score (nSPS) is 11.5. The molecule has 0 heterocycles. The average molecular weight is 218 g/mol. The van der Waals surface area contributed by atoms with Gasteiger partial charge in [-0.05, 0) is 17.7 Å². The van der Waals surface area contributed by atoms with Crippen molar-refractivity contribution in [3.63, 3.8) is 0 Å². The molecule has 84 valence electrons. The lowest BCUT2D eigenvalue weighted by Crippen LogP contribution is -2.19. The predicted molar refractivity (Wildman–Crippen MR) is 61.2 cm³/mol. The Kier molecular flexibility index (Phi) is 4.37. The van der Waals surface area contributed by atoms with E-state index < -0.39 is 6.04 Å². The second kappa shape index (κ2) is 5.79. The molecular weight excluding hydrogens is 204 g/mol. The minimum absolute atomic E-state index is 0.0617. The van der Waals surface area contributed by atoms with Crippen molar-refractivity contribution in [1.29, 1.82) is 5.26 Å². The van der Waals surface area contributed by atoms with Crippen molar-refractivity contribution >= 4 is 0 Å². The van der Waals surface area contributed by atoms with E-state index in [1.165, 1.54) is 13.2 Å². The summed E-state index contributed by atoms with van der Waals surface area (Å²) in [5.74, 6) is 0.421.